The van der Waals surface area contributed by atoms with Crippen molar-refractivity contribution in [3.8, 4) is 0 Å². The molecule has 0 aromatic heterocycles. The van der Waals surface area contributed by atoms with Crippen molar-refractivity contribution >= 4 is 29.3 Å². The van der Waals surface area contributed by atoms with E-state index in [9.17, 15) is 4.79 Å². The number of nitrogens with one attached hydrogen (secondary N) is 1. The topological polar surface area (TPSA) is 29.1 Å². The van der Waals surface area contributed by atoms with E-state index >= 15 is 0 Å². The first-order valence-corrected chi connectivity index (χ1v) is 8.62. The van der Waals surface area contributed by atoms with Crippen molar-refractivity contribution in [1.82, 2.24) is 5.32 Å². The van der Waals surface area contributed by atoms with Crippen molar-refractivity contribution in [3.05, 3.63) is 64.2 Å². The van der Waals surface area contributed by atoms with Crippen LogP contribution in [-0.4, -0.2) is 18.2 Å². The van der Waals surface area contributed by atoms with E-state index in [1.165, 1.54) is 11.1 Å². The van der Waals surface area contributed by atoms with E-state index in [1.807, 2.05) is 43.3 Å². The van der Waals surface area contributed by atoms with Crippen LogP contribution in [-0.2, 0) is 11.2 Å². The predicted molar refractivity (Wildman–Crippen MR) is 94.8 cm³/mol. The third-order valence-electron chi connectivity index (χ3n) is 3.36. The lowest BCUT2D eigenvalue weighted by Gasteiger charge is -2.08. The molecule has 0 unspecified atom stereocenters. The molecule has 0 aliphatic heterocycles. The molecular formula is C18H20ClNOS. The molecule has 0 bridgehead atoms. The number of hydrogen-bond donors (Lipinski definition) is 1. The van der Waals surface area contributed by atoms with Gasteiger partial charge in [0.25, 0.3) is 0 Å². The minimum atomic E-state index is 0.0728. The number of hydrogen-bond acceptors (Lipinski definition) is 2. The average molecular weight is 334 g/mol. The maximum absolute atomic E-state index is 12.0. The molecule has 2 aromatic rings. The van der Waals surface area contributed by atoms with E-state index in [0.29, 0.717) is 13.0 Å². The molecule has 0 aliphatic rings. The molecule has 2 nitrogen and oxygen atoms in total. The van der Waals surface area contributed by atoms with Crippen LogP contribution in [0.5, 0.6) is 0 Å². The summed E-state index contributed by atoms with van der Waals surface area (Å²) in [6, 6.07) is 13.9. The van der Waals surface area contributed by atoms with Gasteiger partial charge in [-0.1, -0.05) is 35.4 Å². The quantitative estimate of drug-likeness (QED) is 0.626. The van der Waals surface area contributed by atoms with Crippen LogP contribution in [0.15, 0.2) is 47.4 Å². The molecule has 1 N–H and O–H groups in total. The maximum Gasteiger partial charge on any atom is 0.224 e. The minimum Gasteiger partial charge on any atom is -0.355 e. The van der Waals surface area contributed by atoms with Crippen molar-refractivity contribution in [1.29, 1.82) is 0 Å². The second-order valence-electron chi connectivity index (χ2n) is 5.26. The number of carbonyl (C=O) groups excluding carboxylic acids is 1. The van der Waals surface area contributed by atoms with E-state index in [2.05, 4.69) is 18.3 Å². The first-order valence-electron chi connectivity index (χ1n) is 7.26. The number of rotatable bonds is 6. The first-order chi connectivity index (χ1) is 10.5. The standard InChI is InChI=1S/C18H20ClNOS/c1-13-3-4-15(14(2)11-13)12-18(21)20-9-10-22-17-7-5-16(19)6-8-17/h3-8,11H,9-10,12H2,1-2H3,(H,20,21). The molecule has 22 heavy (non-hydrogen) atoms. The second kappa shape index (κ2) is 8.25. The van der Waals surface area contributed by atoms with Crippen molar-refractivity contribution in [2.45, 2.75) is 25.2 Å². The van der Waals surface area contributed by atoms with E-state index < -0.39 is 0 Å². The van der Waals surface area contributed by atoms with Crippen molar-refractivity contribution in [3.63, 3.8) is 0 Å². The Balaban J connectivity index is 1.72. The largest absolute Gasteiger partial charge is 0.355 e. The average Bonchev–Trinajstić information content (AvgIpc) is 2.48. The molecule has 0 heterocycles. The van der Waals surface area contributed by atoms with Gasteiger partial charge in [0.1, 0.15) is 0 Å². The molecule has 0 aliphatic carbocycles. The van der Waals surface area contributed by atoms with Crippen molar-refractivity contribution in [2.75, 3.05) is 12.3 Å². The van der Waals surface area contributed by atoms with E-state index in [-0.39, 0.29) is 5.91 Å². The molecule has 4 heteroatoms. The Morgan fingerprint density at radius 3 is 2.55 bits per heavy atom. The Morgan fingerprint density at radius 1 is 1.14 bits per heavy atom. The SMILES string of the molecule is Cc1ccc(CC(=O)NCCSc2ccc(Cl)cc2)c(C)c1. The second-order valence-corrected chi connectivity index (χ2v) is 6.86. The van der Waals surface area contributed by atoms with E-state index in [4.69, 9.17) is 11.6 Å². The number of amides is 1. The van der Waals surface area contributed by atoms with Crippen molar-refractivity contribution in [2.24, 2.45) is 0 Å². The summed E-state index contributed by atoms with van der Waals surface area (Å²) < 4.78 is 0. The van der Waals surface area contributed by atoms with Gasteiger partial charge in [-0.15, -0.1) is 11.8 Å². The minimum absolute atomic E-state index is 0.0728. The van der Waals surface area contributed by atoms with Gasteiger partial charge in [0.05, 0.1) is 6.42 Å². The van der Waals surface area contributed by atoms with Crippen LogP contribution in [0, 0.1) is 13.8 Å². The van der Waals surface area contributed by atoms with Crippen LogP contribution in [0.3, 0.4) is 0 Å². The highest BCUT2D eigenvalue weighted by molar-refractivity contribution is 7.99. The summed E-state index contributed by atoms with van der Waals surface area (Å²) in [4.78, 5) is 13.1. The Bertz CT molecular complexity index is 640. The zero-order valence-electron chi connectivity index (χ0n) is 12.9. The Kier molecular flexibility index (Phi) is 6.34. The first kappa shape index (κ1) is 16.9. The molecule has 116 valence electrons. The molecule has 1 amide bonds. The van der Waals surface area contributed by atoms with Gasteiger partial charge in [-0.2, -0.15) is 0 Å². The normalized spacial score (nSPS) is 10.5. The summed E-state index contributed by atoms with van der Waals surface area (Å²) in [7, 11) is 0. The highest BCUT2D eigenvalue weighted by atomic mass is 35.5. The van der Waals surface area contributed by atoms with Gasteiger partial charge in [0.15, 0.2) is 0 Å². The van der Waals surface area contributed by atoms with Gasteiger partial charge < -0.3 is 5.32 Å². The number of carbonyl (C=O) groups is 1. The maximum atomic E-state index is 12.0. The summed E-state index contributed by atoms with van der Waals surface area (Å²) >= 11 is 7.56. The third kappa shape index (κ3) is 5.39. The lowest BCUT2D eigenvalue weighted by Crippen LogP contribution is -2.27. The van der Waals surface area contributed by atoms with Crippen LogP contribution >= 0.6 is 23.4 Å². The van der Waals surface area contributed by atoms with Gasteiger partial charge in [0.2, 0.25) is 5.91 Å². The third-order valence-corrected chi connectivity index (χ3v) is 4.62. The summed E-state index contributed by atoms with van der Waals surface area (Å²) in [6.45, 7) is 4.77. The van der Waals surface area contributed by atoms with Gasteiger partial charge >= 0.3 is 0 Å². The lowest BCUT2D eigenvalue weighted by molar-refractivity contribution is -0.120. The highest BCUT2D eigenvalue weighted by Gasteiger charge is 2.05. The van der Waals surface area contributed by atoms with Crippen LogP contribution in [0.25, 0.3) is 0 Å². The summed E-state index contributed by atoms with van der Waals surface area (Å²) in [5, 5.41) is 3.71. The fourth-order valence-electron chi connectivity index (χ4n) is 2.17. The molecule has 0 fully saturated rings. The summed E-state index contributed by atoms with van der Waals surface area (Å²) in [5.74, 6) is 0.920. The molecule has 0 saturated heterocycles. The number of halogens is 1. The molecule has 0 atom stereocenters. The zero-order valence-corrected chi connectivity index (χ0v) is 14.4. The number of thioether (sulfide) groups is 1. The van der Waals surface area contributed by atoms with Gasteiger partial charge in [0, 0.05) is 22.2 Å². The molecule has 0 spiro atoms. The molecule has 0 radical (unpaired) electrons. The van der Waals surface area contributed by atoms with Gasteiger partial charge in [-0.25, -0.2) is 0 Å². The Morgan fingerprint density at radius 2 is 1.86 bits per heavy atom. The fraction of sp³-hybridized carbons (Fsp3) is 0.278. The number of benzene rings is 2. The Labute approximate surface area is 141 Å². The van der Waals surface area contributed by atoms with Crippen LogP contribution in [0.1, 0.15) is 16.7 Å². The van der Waals surface area contributed by atoms with E-state index in [1.54, 1.807) is 11.8 Å². The van der Waals surface area contributed by atoms with Crippen LogP contribution in [0.2, 0.25) is 5.02 Å². The summed E-state index contributed by atoms with van der Waals surface area (Å²) in [6.07, 6.45) is 0.442. The Hall–Kier alpha value is -1.45. The molecule has 2 rings (SSSR count). The smallest absolute Gasteiger partial charge is 0.224 e. The van der Waals surface area contributed by atoms with E-state index in [0.717, 1.165) is 21.2 Å². The predicted octanol–water partition coefficient (Wildman–Crippen LogP) is 4.41. The monoisotopic (exact) mass is 333 g/mol. The van der Waals surface area contributed by atoms with Crippen LogP contribution < -0.4 is 5.32 Å². The lowest BCUT2D eigenvalue weighted by atomic mass is 10.0. The van der Waals surface area contributed by atoms with Gasteiger partial charge in [-0.3, -0.25) is 4.79 Å². The zero-order chi connectivity index (χ0) is 15.9. The summed E-state index contributed by atoms with van der Waals surface area (Å²) in [5.41, 5.74) is 3.49. The van der Waals surface area contributed by atoms with Crippen LogP contribution in [0.4, 0.5) is 0 Å². The molecular weight excluding hydrogens is 314 g/mol. The fourth-order valence-corrected chi connectivity index (χ4v) is 3.06. The van der Waals surface area contributed by atoms with Gasteiger partial charge in [-0.05, 0) is 49.2 Å². The number of aryl methyl sites for hydroxylation is 2. The highest BCUT2D eigenvalue weighted by Crippen LogP contribution is 2.19. The van der Waals surface area contributed by atoms with Crippen molar-refractivity contribution < 1.29 is 4.79 Å². The molecule has 2 aromatic carbocycles. The molecule has 0 saturated carbocycles.